The first-order chi connectivity index (χ1) is 10.3. The quantitative estimate of drug-likeness (QED) is 0.606. The van der Waals surface area contributed by atoms with Gasteiger partial charge in [-0.3, -0.25) is 4.79 Å². The van der Waals surface area contributed by atoms with E-state index in [2.05, 4.69) is 15.9 Å². The Kier molecular flexibility index (Phi) is 5.54. The summed E-state index contributed by atoms with van der Waals surface area (Å²) in [6.45, 7) is 3.63. The fraction of sp³-hybridized carbons (Fsp3) is 0.235. The third-order valence-corrected chi connectivity index (χ3v) is 4.56. The fourth-order valence-corrected chi connectivity index (χ4v) is 3.52. The van der Waals surface area contributed by atoms with Crippen LogP contribution in [-0.4, -0.2) is 10.8 Å². The molecule has 0 saturated heterocycles. The Morgan fingerprint density at radius 1 is 1.14 bits per heavy atom. The van der Waals surface area contributed by atoms with Crippen LogP contribution in [0.15, 0.2) is 48.5 Å². The highest BCUT2D eigenvalue weighted by Gasteiger charge is 2.36. The van der Waals surface area contributed by atoms with Crippen molar-refractivity contribution in [3.8, 4) is 5.75 Å². The van der Waals surface area contributed by atoms with E-state index in [4.69, 9.17) is 27.9 Å². The van der Waals surface area contributed by atoms with Gasteiger partial charge in [-0.25, -0.2) is 0 Å². The molecule has 22 heavy (non-hydrogen) atoms. The lowest BCUT2D eigenvalue weighted by atomic mass is 9.80. The number of benzene rings is 2. The predicted octanol–water partition coefficient (Wildman–Crippen LogP) is 5.64. The Morgan fingerprint density at radius 2 is 1.77 bits per heavy atom. The van der Waals surface area contributed by atoms with Crippen molar-refractivity contribution in [1.82, 2.24) is 0 Å². The minimum Gasteiger partial charge on any atom is -0.471 e. The molecule has 1 atom stereocenters. The van der Waals surface area contributed by atoms with Crippen LogP contribution in [0.2, 0.25) is 10.0 Å². The third kappa shape index (κ3) is 3.83. The molecule has 0 spiro atoms. The second kappa shape index (κ2) is 7.03. The largest absolute Gasteiger partial charge is 0.471 e. The van der Waals surface area contributed by atoms with E-state index in [0.717, 1.165) is 0 Å². The van der Waals surface area contributed by atoms with Crippen molar-refractivity contribution >= 4 is 44.9 Å². The van der Waals surface area contributed by atoms with E-state index in [0.29, 0.717) is 21.4 Å². The summed E-state index contributed by atoms with van der Waals surface area (Å²) in [5, 5.41) is 0.231. The molecule has 0 N–H and O–H groups in total. The maximum absolute atomic E-state index is 12.7. The Labute approximate surface area is 148 Å². The van der Waals surface area contributed by atoms with Gasteiger partial charge in [-0.2, -0.15) is 0 Å². The number of ether oxygens (including phenoxy) is 1. The molecule has 0 bridgehead atoms. The second-order valence-electron chi connectivity index (χ2n) is 5.36. The van der Waals surface area contributed by atoms with Crippen LogP contribution in [0, 0.1) is 0 Å². The molecule has 0 aliphatic carbocycles. The second-order valence-corrected chi connectivity index (χ2v) is 7.04. The van der Waals surface area contributed by atoms with E-state index < -0.39 is 10.4 Å². The van der Waals surface area contributed by atoms with Crippen LogP contribution in [0.5, 0.6) is 5.75 Å². The van der Waals surface area contributed by atoms with Crippen LogP contribution < -0.4 is 4.74 Å². The van der Waals surface area contributed by atoms with E-state index >= 15 is 0 Å². The molecule has 0 heterocycles. The van der Waals surface area contributed by atoms with E-state index in [9.17, 15) is 4.79 Å². The number of halogens is 3. The van der Waals surface area contributed by atoms with Gasteiger partial charge >= 0.3 is 0 Å². The number of Topliss-reactive ketones (excluding diaryl/α,β-unsaturated/α-hetero) is 1. The summed E-state index contributed by atoms with van der Waals surface area (Å²) in [6.07, 6.45) is 0. The summed E-state index contributed by atoms with van der Waals surface area (Å²) >= 11 is 15.5. The van der Waals surface area contributed by atoms with Crippen LogP contribution >= 0.6 is 39.1 Å². The summed E-state index contributed by atoms with van der Waals surface area (Å²) in [6, 6.07) is 14.3. The number of hydrogen-bond acceptors (Lipinski definition) is 2. The van der Waals surface area contributed by atoms with Crippen molar-refractivity contribution in [2.75, 3.05) is 0 Å². The van der Waals surface area contributed by atoms with Gasteiger partial charge < -0.3 is 4.74 Å². The lowest BCUT2D eigenvalue weighted by Gasteiger charge is -2.27. The van der Waals surface area contributed by atoms with Gasteiger partial charge in [-0.1, -0.05) is 47.5 Å². The number of ketones is 1. The van der Waals surface area contributed by atoms with Gasteiger partial charge in [-0.05, 0) is 59.6 Å². The Balaban J connectivity index is 2.22. The minimum absolute atomic E-state index is 0.124. The lowest BCUT2D eigenvalue weighted by Crippen LogP contribution is -2.38. The van der Waals surface area contributed by atoms with Gasteiger partial charge in [0.1, 0.15) is 5.75 Å². The fourth-order valence-electron chi connectivity index (χ4n) is 2.08. The number of carbonyl (C=O) groups excluding carboxylic acids is 1. The first kappa shape index (κ1) is 17.3. The average molecular weight is 402 g/mol. The van der Waals surface area contributed by atoms with Gasteiger partial charge in [0.05, 0.1) is 5.41 Å². The summed E-state index contributed by atoms with van der Waals surface area (Å²) in [4.78, 5) is 12.7. The summed E-state index contributed by atoms with van der Waals surface area (Å²) in [5.41, 5.74) is -0.102. The topological polar surface area (TPSA) is 26.3 Å². The molecule has 2 aromatic rings. The first-order valence-electron chi connectivity index (χ1n) is 6.68. The molecular formula is C17H15BrCl2O2. The third-order valence-electron chi connectivity index (χ3n) is 3.41. The van der Waals surface area contributed by atoms with Gasteiger partial charge in [0, 0.05) is 10.0 Å². The molecule has 0 aliphatic heterocycles. The van der Waals surface area contributed by atoms with E-state index in [1.54, 1.807) is 30.3 Å². The molecule has 0 radical (unpaired) electrons. The number of rotatable bonds is 5. The zero-order valence-electron chi connectivity index (χ0n) is 12.1. The highest BCUT2D eigenvalue weighted by molar-refractivity contribution is 9.09. The van der Waals surface area contributed by atoms with Gasteiger partial charge in [0.25, 0.3) is 0 Å². The van der Waals surface area contributed by atoms with Gasteiger partial charge in [0.15, 0.2) is 5.78 Å². The minimum atomic E-state index is -0.815. The Hall–Kier alpha value is -1.03. The zero-order valence-corrected chi connectivity index (χ0v) is 15.2. The van der Waals surface area contributed by atoms with Gasteiger partial charge in [-0.15, -0.1) is 0 Å². The first-order valence-corrected chi connectivity index (χ1v) is 8.35. The SMILES string of the molecule is CC(C)(C(=O)C(Br)Oc1ccccc1)c1ccc(Cl)cc1Cl. The van der Waals surface area contributed by atoms with Crippen molar-refractivity contribution in [3.05, 3.63) is 64.1 Å². The Bertz CT molecular complexity index is 672. The summed E-state index contributed by atoms with van der Waals surface area (Å²) < 4.78 is 5.65. The lowest BCUT2D eigenvalue weighted by molar-refractivity contribution is -0.126. The van der Waals surface area contributed by atoms with E-state index in [1.807, 2.05) is 32.0 Å². The molecule has 0 amide bonds. The predicted molar refractivity (Wildman–Crippen MR) is 94.3 cm³/mol. The molecular weight excluding hydrogens is 387 g/mol. The maximum Gasteiger partial charge on any atom is 0.211 e. The van der Waals surface area contributed by atoms with Crippen LogP contribution in [0.1, 0.15) is 19.4 Å². The van der Waals surface area contributed by atoms with E-state index in [1.165, 1.54) is 0 Å². The van der Waals surface area contributed by atoms with Crippen LogP contribution in [-0.2, 0) is 10.2 Å². The molecule has 5 heteroatoms. The van der Waals surface area contributed by atoms with Crippen molar-refractivity contribution in [2.24, 2.45) is 0 Å². The standard InChI is InChI=1S/C17H15BrCl2O2/c1-17(2,13-9-8-11(19)10-14(13)20)15(21)16(18)22-12-6-4-3-5-7-12/h3-10,16H,1-2H3. The van der Waals surface area contributed by atoms with Crippen LogP contribution in [0.3, 0.4) is 0 Å². The zero-order chi connectivity index (χ0) is 16.3. The molecule has 0 saturated carbocycles. The molecule has 0 aliphatic rings. The molecule has 116 valence electrons. The average Bonchev–Trinajstić information content (AvgIpc) is 2.47. The number of para-hydroxylation sites is 1. The van der Waals surface area contributed by atoms with Crippen LogP contribution in [0.4, 0.5) is 0 Å². The van der Waals surface area contributed by atoms with Crippen molar-refractivity contribution in [3.63, 3.8) is 0 Å². The highest BCUT2D eigenvalue weighted by atomic mass is 79.9. The van der Waals surface area contributed by atoms with E-state index in [-0.39, 0.29) is 5.78 Å². The summed E-state index contributed by atoms with van der Waals surface area (Å²) in [7, 11) is 0. The molecule has 2 rings (SSSR count). The molecule has 0 aromatic heterocycles. The number of alkyl halides is 1. The molecule has 2 aromatic carbocycles. The molecule has 1 unspecified atom stereocenters. The number of hydrogen-bond donors (Lipinski definition) is 0. The normalized spacial score (nSPS) is 12.8. The van der Waals surface area contributed by atoms with Crippen LogP contribution in [0.25, 0.3) is 0 Å². The molecule has 2 nitrogen and oxygen atoms in total. The van der Waals surface area contributed by atoms with Gasteiger partial charge in [0.2, 0.25) is 5.01 Å². The Morgan fingerprint density at radius 3 is 2.36 bits per heavy atom. The highest BCUT2D eigenvalue weighted by Crippen LogP contribution is 2.34. The monoisotopic (exact) mass is 400 g/mol. The van der Waals surface area contributed by atoms with Crippen molar-refractivity contribution in [1.29, 1.82) is 0 Å². The number of carbonyl (C=O) groups is 1. The van der Waals surface area contributed by atoms with Crippen molar-refractivity contribution < 1.29 is 9.53 Å². The summed E-state index contributed by atoms with van der Waals surface area (Å²) in [5.74, 6) is 0.497. The van der Waals surface area contributed by atoms with Crippen molar-refractivity contribution in [2.45, 2.75) is 24.3 Å². The maximum atomic E-state index is 12.7. The molecule has 0 fully saturated rings. The smallest absolute Gasteiger partial charge is 0.211 e.